The topological polar surface area (TPSA) is 66.4 Å². The molecule has 0 unspecified atom stereocenters. The summed E-state index contributed by atoms with van der Waals surface area (Å²) in [5.74, 6) is 0.0692. The van der Waals surface area contributed by atoms with Crippen molar-refractivity contribution in [3.63, 3.8) is 0 Å². The fourth-order valence-corrected chi connectivity index (χ4v) is 3.88. The fraction of sp³-hybridized carbons (Fsp3) is 0.375. The lowest BCUT2D eigenvalue weighted by Gasteiger charge is -2.22. The molecular weight excluding hydrogens is 286 g/mol. The summed E-state index contributed by atoms with van der Waals surface area (Å²) in [4.78, 5) is 0.252. The highest BCUT2D eigenvalue weighted by atomic mass is 32.2. The summed E-state index contributed by atoms with van der Waals surface area (Å²) < 4.78 is 27.9. The number of nitrogens with one attached hydrogen (secondary N) is 1. The molecule has 0 aromatic heterocycles. The number of hydrogen-bond acceptors (Lipinski definition) is 3. The van der Waals surface area contributed by atoms with E-state index in [1.807, 2.05) is 38.1 Å². The molecule has 2 aromatic rings. The molecule has 0 amide bonds. The van der Waals surface area contributed by atoms with Crippen molar-refractivity contribution in [3.05, 3.63) is 42.5 Å². The highest BCUT2D eigenvalue weighted by Crippen LogP contribution is 2.23. The lowest BCUT2D eigenvalue weighted by atomic mass is 10.0. The number of aliphatic hydroxyl groups is 1. The second kappa shape index (κ2) is 6.56. The smallest absolute Gasteiger partial charge is 0.241 e. The van der Waals surface area contributed by atoms with E-state index in [4.69, 9.17) is 0 Å². The summed E-state index contributed by atoms with van der Waals surface area (Å²) in [5, 5.41) is 11.0. The van der Waals surface area contributed by atoms with Crippen molar-refractivity contribution in [2.24, 2.45) is 5.92 Å². The van der Waals surface area contributed by atoms with Crippen LogP contribution in [0.25, 0.3) is 10.8 Å². The van der Waals surface area contributed by atoms with Gasteiger partial charge >= 0.3 is 0 Å². The van der Waals surface area contributed by atoms with E-state index in [9.17, 15) is 13.5 Å². The first-order chi connectivity index (χ1) is 9.99. The van der Waals surface area contributed by atoms with Gasteiger partial charge in [-0.25, -0.2) is 13.1 Å². The van der Waals surface area contributed by atoms with E-state index < -0.39 is 16.1 Å². The Morgan fingerprint density at radius 2 is 1.81 bits per heavy atom. The summed E-state index contributed by atoms with van der Waals surface area (Å²) in [5.41, 5.74) is 0. The average molecular weight is 307 g/mol. The standard InChI is InChI=1S/C16H21NO3S/c1-3-12(2)15(11-18)17-21(19,20)16-10-6-8-13-7-4-5-9-14(13)16/h4-10,12,15,17-18H,3,11H2,1-2H3/t12-,15+/m0/s1. The molecule has 0 bridgehead atoms. The number of fused-ring (bicyclic) bond motifs is 1. The molecule has 2 atom stereocenters. The molecule has 0 fully saturated rings. The summed E-state index contributed by atoms with van der Waals surface area (Å²) in [6.45, 7) is 3.69. The van der Waals surface area contributed by atoms with Gasteiger partial charge in [0.2, 0.25) is 10.0 Å². The van der Waals surface area contributed by atoms with Gasteiger partial charge in [-0.1, -0.05) is 56.7 Å². The highest BCUT2D eigenvalue weighted by molar-refractivity contribution is 7.89. The van der Waals surface area contributed by atoms with Crippen molar-refractivity contribution >= 4 is 20.8 Å². The second-order valence-corrected chi connectivity index (χ2v) is 6.96. The monoisotopic (exact) mass is 307 g/mol. The van der Waals surface area contributed by atoms with Gasteiger partial charge in [0.25, 0.3) is 0 Å². The second-order valence-electron chi connectivity index (χ2n) is 5.27. The summed E-state index contributed by atoms with van der Waals surface area (Å²) >= 11 is 0. The van der Waals surface area contributed by atoms with E-state index in [-0.39, 0.29) is 17.4 Å². The maximum atomic E-state index is 12.6. The molecule has 2 rings (SSSR count). The zero-order valence-electron chi connectivity index (χ0n) is 12.3. The zero-order valence-corrected chi connectivity index (χ0v) is 13.1. The Labute approximate surface area is 125 Å². The maximum absolute atomic E-state index is 12.6. The van der Waals surface area contributed by atoms with Crippen LogP contribution < -0.4 is 4.72 Å². The van der Waals surface area contributed by atoms with Gasteiger partial charge in [0.1, 0.15) is 0 Å². The Kier molecular flexibility index (Phi) is 4.98. The lowest BCUT2D eigenvalue weighted by Crippen LogP contribution is -2.41. The molecule has 2 N–H and O–H groups in total. The predicted molar refractivity (Wildman–Crippen MR) is 84.6 cm³/mol. The Balaban J connectivity index is 2.42. The van der Waals surface area contributed by atoms with Gasteiger partial charge in [-0.15, -0.1) is 0 Å². The summed E-state index contributed by atoms with van der Waals surface area (Å²) in [7, 11) is -3.66. The Morgan fingerprint density at radius 1 is 1.14 bits per heavy atom. The van der Waals surface area contributed by atoms with Crippen LogP contribution in [0.15, 0.2) is 47.4 Å². The Morgan fingerprint density at radius 3 is 2.48 bits per heavy atom. The van der Waals surface area contributed by atoms with Gasteiger partial charge in [-0.05, 0) is 17.4 Å². The van der Waals surface area contributed by atoms with E-state index in [0.29, 0.717) is 5.39 Å². The fourth-order valence-electron chi connectivity index (χ4n) is 2.31. The van der Waals surface area contributed by atoms with E-state index in [1.54, 1.807) is 18.2 Å². The highest BCUT2D eigenvalue weighted by Gasteiger charge is 2.24. The molecule has 2 aromatic carbocycles. The molecule has 0 aliphatic heterocycles. The molecule has 114 valence electrons. The van der Waals surface area contributed by atoms with Crippen molar-refractivity contribution in [2.45, 2.75) is 31.2 Å². The van der Waals surface area contributed by atoms with Crippen LogP contribution in [0.2, 0.25) is 0 Å². The molecule has 4 nitrogen and oxygen atoms in total. The van der Waals surface area contributed by atoms with Crippen LogP contribution in [0.1, 0.15) is 20.3 Å². The summed E-state index contributed by atoms with van der Waals surface area (Å²) in [6, 6.07) is 12.1. The van der Waals surface area contributed by atoms with Crippen LogP contribution in [0, 0.1) is 5.92 Å². The SMILES string of the molecule is CC[C@H](C)[C@@H](CO)NS(=O)(=O)c1cccc2ccccc12. The lowest BCUT2D eigenvalue weighted by molar-refractivity contribution is 0.219. The minimum atomic E-state index is -3.66. The number of aliphatic hydroxyl groups excluding tert-OH is 1. The third kappa shape index (κ3) is 3.43. The van der Waals surface area contributed by atoms with Gasteiger partial charge < -0.3 is 5.11 Å². The van der Waals surface area contributed by atoms with Gasteiger partial charge in [0.15, 0.2) is 0 Å². The molecule has 0 aliphatic carbocycles. The molecule has 0 saturated heterocycles. The average Bonchev–Trinajstić information content (AvgIpc) is 2.51. The van der Waals surface area contributed by atoms with E-state index in [2.05, 4.69) is 4.72 Å². The van der Waals surface area contributed by atoms with Crippen LogP contribution >= 0.6 is 0 Å². The van der Waals surface area contributed by atoms with Crippen LogP contribution in [-0.2, 0) is 10.0 Å². The predicted octanol–water partition coefficient (Wildman–Crippen LogP) is 2.53. The van der Waals surface area contributed by atoms with E-state index >= 15 is 0 Å². The first kappa shape index (κ1) is 15.9. The van der Waals surface area contributed by atoms with Crippen molar-refractivity contribution < 1.29 is 13.5 Å². The van der Waals surface area contributed by atoms with Gasteiger partial charge in [-0.2, -0.15) is 0 Å². The molecule has 0 saturated carbocycles. The number of hydrogen-bond donors (Lipinski definition) is 2. The van der Waals surface area contributed by atoms with Gasteiger partial charge in [0.05, 0.1) is 11.5 Å². The molecule has 0 aliphatic rings. The number of sulfonamides is 1. The van der Waals surface area contributed by atoms with Gasteiger partial charge in [-0.3, -0.25) is 0 Å². The third-order valence-corrected chi connectivity index (χ3v) is 5.42. The van der Waals surface area contributed by atoms with Crippen LogP contribution in [-0.4, -0.2) is 26.2 Å². The maximum Gasteiger partial charge on any atom is 0.241 e. The normalized spacial score (nSPS) is 15.0. The minimum Gasteiger partial charge on any atom is -0.395 e. The molecule has 0 spiro atoms. The van der Waals surface area contributed by atoms with Gasteiger partial charge in [0, 0.05) is 11.4 Å². The van der Waals surface area contributed by atoms with Crippen LogP contribution in [0.4, 0.5) is 0 Å². The number of rotatable bonds is 6. The number of benzene rings is 2. The van der Waals surface area contributed by atoms with Crippen LogP contribution in [0.3, 0.4) is 0 Å². The quantitative estimate of drug-likeness (QED) is 0.862. The zero-order chi connectivity index (χ0) is 15.5. The molecule has 21 heavy (non-hydrogen) atoms. The molecule has 0 radical (unpaired) electrons. The van der Waals surface area contributed by atoms with Crippen LogP contribution in [0.5, 0.6) is 0 Å². The van der Waals surface area contributed by atoms with Crippen molar-refractivity contribution in [1.82, 2.24) is 4.72 Å². The third-order valence-electron chi connectivity index (χ3n) is 3.87. The Bertz CT molecular complexity index is 707. The van der Waals surface area contributed by atoms with Crippen molar-refractivity contribution in [3.8, 4) is 0 Å². The van der Waals surface area contributed by atoms with E-state index in [1.165, 1.54) is 0 Å². The molecule has 0 heterocycles. The van der Waals surface area contributed by atoms with Crippen molar-refractivity contribution in [2.75, 3.05) is 6.61 Å². The van der Waals surface area contributed by atoms with Crippen molar-refractivity contribution in [1.29, 1.82) is 0 Å². The first-order valence-electron chi connectivity index (χ1n) is 7.10. The first-order valence-corrected chi connectivity index (χ1v) is 8.59. The van der Waals surface area contributed by atoms with E-state index in [0.717, 1.165) is 11.8 Å². The minimum absolute atomic E-state index is 0.0692. The molecule has 5 heteroatoms. The summed E-state index contributed by atoms with van der Waals surface area (Å²) in [6.07, 6.45) is 0.795. The molecular formula is C16H21NO3S. The largest absolute Gasteiger partial charge is 0.395 e. The Hall–Kier alpha value is -1.43.